The van der Waals surface area contributed by atoms with Crippen LogP contribution in [0.2, 0.25) is 0 Å². The number of carbonyl (C=O) groups excluding carboxylic acids is 1. The Bertz CT molecular complexity index is 1120. The van der Waals surface area contributed by atoms with Crippen molar-refractivity contribution in [3.63, 3.8) is 0 Å². The molecule has 0 aliphatic rings. The summed E-state index contributed by atoms with van der Waals surface area (Å²) in [6.45, 7) is 4.60. The van der Waals surface area contributed by atoms with Gasteiger partial charge in [0.15, 0.2) is 10.8 Å². The fraction of sp³-hybridized carbons (Fsp3) is 0.227. The van der Waals surface area contributed by atoms with Crippen LogP contribution >= 0.6 is 11.8 Å². The molecule has 142 valence electrons. The summed E-state index contributed by atoms with van der Waals surface area (Å²) in [6, 6.07) is 20.4. The average molecular weight is 391 g/mol. The minimum absolute atomic E-state index is 0.00842. The number of nitrogens with zero attached hydrogens (tertiary/aromatic N) is 3. The third kappa shape index (κ3) is 3.73. The maximum absolute atomic E-state index is 12.5. The van der Waals surface area contributed by atoms with Gasteiger partial charge in [0.2, 0.25) is 5.91 Å². The molecule has 0 saturated heterocycles. The van der Waals surface area contributed by atoms with Crippen LogP contribution in [0.4, 0.5) is 0 Å². The molecule has 0 bridgehead atoms. The third-order valence-electron chi connectivity index (χ3n) is 4.78. The molecule has 28 heavy (non-hydrogen) atoms. The minimum atomic E-state index is -0.261. The fourth-order valence-corrected chi connectivity index (χ4v) is 4.17. The zero-order valence-corrected chi connectivity index (χ0v) is 16.7. The molecular formula is C22H22N4OS. The SMILES string of the molecule is Cc1cc2nnc(SC(C)C(=O)NCCc3ccccc3)n2c2ccccc12. The van der Waals surface area contributed by atoms with Crippen LogP contribution < -0.4 is 5.32 Å². The second-order valence-corrected chi connectivity index (χ2v) is 8.12. The number of benzene rings is 2. The zero-order chi connectivity index (χ0) is 19.5. The first-order chi connectivity index (χ1) is 13.6. The molecule has 2 aromatic heterocycles. The molecule has 6 heteroatoms. The van der Waals surface area contributed by atoms with E-state index in [0.29, 0.717) is 6.54 Å². The Balaban J connectivity index is 1.48. The highest BCUT2D eigenvalue weighted by Gasteiger charge is 2.19. The van der Waals surface area contributed by atoms with Crippen LogP contribution in [-0.4, -0.2) is 32.3 Å². The summed E-state index contributed by atoms with van der Waals surface area (Å²) in [5.74, 6) is 0.00842. The number of para-hydroxylation sites is 1. The Morgan fingerprint density at radius 3 is 2.68 bits per heavy atom. The summed E-state index contributed by atoms with van der Waals surface area (Å²) in [5, 5.41) is 13.3. The summed E-state index contributed by atoms with van der Waals surface area (Å²) >= 11 is 1.43. The average Bonchev–Trinajstić information content (AvgIpc) is 3.11. The molecule has 5 nitrogen and oxygen atoms in total. The van der Waals surface area contributed by atoms with Crippen LogP contribution in [0.1, 0.15) is 18.1 Å². The number of aryl methyl sites for hydroxylation is 1. The van der Waals surface area contributed by atoms with E-state index in [-0.39, 0.29) is 11.2 Å². The van der Waals surface area contributed by atoms with Gasteiger partial charge in [0.05, 0.1) is 10.8 Å². The van der Waals surface area contributed by atoms with E-state index in [1.165, 1.54) is 22.9 Å². The zero-order valence-electron chi connectivity index (χ0n) is 15.9. The molecule has 2 aromatic carbocycles. The van der Waals surface area contributed by atoms with Crippen LogP contribution in [-0.2, 0) is 11.2 Å². The molecule has 0 spiro atoms. The van der Waals surface area contributed by atoms with Gasteiger partial charge in [0.25, 0.3) is 0 Å². The van der Waals surface area contributed by atoms with Gasteiger partial charge in [0, 0.05) is 11.9 Å². The lowest BCUT2D eigenvalue weighted by Gasteiger charge is -2.12. The van der Waals surface area contributed by atoms with E-state index in [4.69, 9.17) is 0 Å². The van der Waals surface area contributed by atoms with Crippen LogP contribution in [0.5, 0.6) is 0 Å². The molecular weight excluding hydrogens is 368 g/mol. The largest absolute Gasteiger partial charge is 0.355 e. The van der Waals surface area contributed by atoms with E-state index in [9.17, 15) is 4.79 Å². The predicted molar refractivity (Wildman–Crippen MR) is 114 cm³/mol. The normalized spacial score (nSPS) is 12.4. The monoisotopic (exact) mass is 390 g/mol. The molecule has 1 unspecified atom stereocenters. The van der Waals surface area contributed by atoms with Gasteiger partial charge in [-0.1, -0.05) is 60.3 Å². The van der Waals surface area contributed by atoms with Crippen molar-refractivity contribution in [3.8, 4) is 0 Å². The van der Waals surface area contributed by atoms with Crippen molar-refractivity contribution < 1.29 is 4.79 Å². The number of amides is 1. The summed E-state index contributed by atoms with van der Waals surface area (Å²) in [7, 11) is 0. The van der Waals surface area contributed by atoms with Crippen molar-refractivity contribution in [1.82, 2.24) is 19.9 Å². The predicted octanol–water partition coefficient (Wildman–Crippen LogP) is 4.03. The Labute approximate surface area is 168 Å². The molecule has 2 heterocycles. The summed E-state index contributed by atoms with van der Waals surface area (Å²) in [6.07, 6.45) is 0.821. The Kier molecular flexibility index (Phi) is 5.30. The van der Waals surface area contributed by atoms with Crippen molar-refractivity contribution in [3.05, 3.63) is 71.8 Å². The van der Waals surface area contributed by atoms with Crippen molar-refractivity contribution >= 4 is 34.2 Å². The highest BCUT2D eigenvalue weighted by molar-refractivity contribution is 8.00. The Morgan fingerprint density at radius 2 is 1.86 bits per heavy atom. The van der Waals surface area contributed by atoms with Crippen LogP contribution in [0.25, 0.3) is 16.6 Å². The maximum atomic E-state index is 12.5. The molecule has 0 fully saturated rings. The minimum Gasteiger partial charge on any atom is -0.355 e. The molecule has 1 amide bonds. The topological polar surface area (TPSA) is 59.3 Å². The molecule has 0 radical (unpaired) electrons. The molecule has 1 atom stereocenters. The number of nitrogens with one attached hydrogen (secondary N) is 1. The third-order valence-corrected chi connectivity index (χ3v) is 5.82. The quantitative estimate of drug-likeness (QED) is 0.505. The molecule has 0 saturated carbocycles. The summed E-state index contributed by atoms with van der Waals surface area (Å²) in [4.78, 5) is 12.5. The molecule has 4 aromatic rings. The van der Waals surface area contributed by atoms with Gasteiger partial charge >= 0.3 is 0 Å². The Hall–Kier alpha value is -2.86. The van der Waals surface area contributed by atoms with Gasteiger partial charge in [0.1, 0.15) is 0 Å². The van der Waals surface area contributed by atoms with Gasteiger partial charge in [-0.15, -0.1) is 10.2 Å². The number of hydrogen-bond donors (Lipinski definition) is 1. The number of thioether (sulfide) groups is 1. The number of pyridine rings is 1. The number of carbonyl (C=O) groups is 1. The van der Waals surface area contributed by atoms with Crippen molar-refractivity contribution in [2.45, 2.75) is 30.7 Å². The van der Waals surface area contributed by atoms with Crippen molar-refractivity contribution in [2.24, 2.45) is 0 Å². The Morgan fingerprint density at radius 1 is 1.11 bits per heavy atom. The van der Waals surface area contributed by atoms with E-state index in [2.05, 4.69) is 46.7 Å². The van der Waals surface area contributed by atoms with Gasteiger partial charge in [-0.3, -0.25) is 9.20 Å². The van der Waals surface area contributed by atoms with Crippen LogP contribution in [0.3, 0.4) is 0 Å². The lowest BCUT2D eigenvalue weighted by atomic mass is 10.1. The molecule has 0 aliphatic heterocycles. The van der Waals surface area contributed by atoms with E-state index < -0.39 is 0 Å². The van der Waals surface area contributed by atoms with E-state index in [1.54, 1.807) is 0 Å². The molecule has 4 rings (SSSR count). The van der Waals surface area contributed by atoms with Gasteiger partial charge in [-0.05, 0) is 43.5 Å². The fourth-order valence-electron chi connectivity index (χ4n) is 3.28. The van der Waals surface area contributed by atoms with Gasteiger partial charge in [-0.25, -0.2) is 0 Å². The number of hydrogen-bond acceptors (Lipinski definition) is 4. The molecule has 1 N–H and O–H groups in total. The number of aromatic nitrogens is 3. The maximum Gasteiger partial charge on any atom is 0.233 e. The second-order valence-electron chi connectivity index (χ2n) is 6.81. The van der Waals surface area contributed by atoms with Crippen LogP contribution in [0.15, 0.2) is 65.8 Å². The van der Waals surface area contributed by atoms with Gasteiger partial charge in [-0.2, -0.15) is 0 Å². The molecule has 0 aliphatic carbocycles. The van der Waals surface area contributed by atoms with Gasteiger partial charge < -0.3 is 5.32 Å². The first-order valence-electron chi connectivity index (χ1n) is 9.35. The number of rotatable bonds is 6. The second kappa shape index (κ2) is 8.02. The van der Waals surface area contributed by atoms with E-state index in [1.807, 2.05) is 47.7 Å². The highest BCUT2D eigenvalue weighted by Crippen LogP contribution is 2.27. The highest BCUT2D eigenvalue weighted by atomic mass is 32.2. The standard InChI is InChI=1S/C22H22N4OS/c1-15-14-20-24-25-22(26(20)19-11-7-6-10-18(15)19)28-16(2)21(27)23-13-12-17-8-4-3-5-9-17/h3-11,14,16H,12-13H2,1-2H3,(H,23,27). The van der Waals surface area contributed by atoms with E-state index >= 15 is 0 Å². The smallest absolute Gasteiger partial charge is 0.233 e. The first-order valence-corrected chi connectivity index (χ1v) is 10.2. The lowest BCUT2D eigenvalue weighted by molar-refractivity contribution is -0.120. The van der Waals surface area contributed by atoms with Crippen LogP contribution in [0, 0.1) is 6.92 Å². The first kappa shape index (κ1) is 18.5. The summed E-state index contributed by atoms with van der Waals surface area (Å²) in [5.41, 5.74) is 4.24. The summed E-state index contributed by atoms with van der Waals surface area (Å²) < 4.78 is 2.03. The number of fused-ring (bicyclic) bond motifs is 3. The lowest BCUT2D eigenvalue weighted by Crippen LogP contribution is -2.32. The van der Waals surface area contributed by atoms with Crippen molar-refractivity contribution in [2.75, 3.05) is 6.54 Å². The van der Waals surface area contributed by atoms with Crippen molar-refractivity contribution in [1.29, 1.82) is 0 Å². The van der Waals surface area contributed by atoms with E-state index in [0.717, 1.165) is 28.1 Å².